The van der Waals surface area contributed by atoms with E-state index in [9.17, 15) is 9.59 Å². The Balaban J connectivity index is 2.35. The molecule has 1 aromatic rings. The van der Waals surface area contributed by atoms with Gasteiger partial charge in [0.25, 0.3) is 0 Å². The summed E-state index contributed by atoms with van der Waals surface area (Å²) in [7, 11) is 3.10. The molecule has 8 nitrogen and oxygen atoms in total. The van der Waals surface area contributed by atoms with E-state index in [1.165, 1.54) is 0 Å². The Morgan fingerprint density at radius 1 is 1.19 bits per heavy atom. The fourth-order valence-corrected chi connectivity index (χ4v) is 1.56. The molecule has 0 unspecified atom stereocenters. The maximum absolute atomic E-state index is 11.3. The largest absolute Gasteiger partial charge is 0.493 e. The Hall–Kier alpha value is -2.48. The first-order valence-corrected chi connectivity index (χ1v) is 6.15. The minimum atomic E-state index is -1.17. The van der Waals surface area contributed by atoms with E-state index in [-0.39, 0.29) is 0 Å². The van der Waals surface area contributed by atoms with Gasteiger partial charge in [0.05, 0.1) is 14.2 Å². The standard InChI is InChI=1S/C13H18N2O6/c1-19-10-4-3-9(7-11(10)20-2)5-6-14-13(18)15-21-8-12(16)17/h3-4,7H,5-6,8H2,1-2H3,(H,16,17)(H2,14,15,18). The molecule has 0 bridgehead atoms. The van der Waals surface area contributed by atoms with E-state index in [0.717, 1.165) is 5.56 Å². The molecule has 0 saturated heterocycles. The molecule has 1 rings (SSSR count). The summed E-state index contributed by atoms with van der Waals surface area (Å²) >= 11 is 0. The molecule has 0 atom stereocenters. The van der Waals surface area contributed by atoms with Crippen LogP contribution in [0, 0.1) is 0 Å². The highest BCUT2D eigenvalue weighted by atomic mass is 16.7. The molecule has 0 heterocycles. The Kier molecular flexibility index (Phi) is 6.82. The highest BCUT2D eigenvalue weighted by Crippen LogP contribution is 2.27. The molecule has 0 spiro atoms. The molecule has 0 saturated carbocycles. The van der Waals surface area contributed by atoms with Crippen molar-refractivity contribution in [2.24, 2.45) is 0 Å². The normalized spacial score (nSPS) is 9.81. The first-order valence-electron chi connectivity index (χ1n) is 6.15. The first kappa shape index (κ1) is 16.6. The van der Waals surface area contributed by atoms with Crippen molar-refractivity contribution in [2.75, 3.05) is 27.4 Å². The van der Waals surface area contributed by atoms with E-state index in [1.807, 2.05) is 17.6 Å². The van der Waals surface area contributed by atoms with E-state index in [0.29, 0.717) is 24.5 Å². The number of ether oxygens (including phenoxy) is 2. The third-order valence-corrected chi connectivity index (χ3v) is 2.51. The molecule has 0 aliphatic rings. The summed E-state index contributed by atoms with van der Waals surface area (Å²) in [5, 5.41) is 10.9. The third-order valence-electron chi connectivity index (χ3n) is 2.51. The molecule has 0 radical (unpaired) electrons. The van der Waals surface area contributed by atoms with Crippen LogP contribution < -0.4 is 20.3 Å². The zero-order valence-corrected chi connectivity index (χ0v) is 11.8. The molecule has 0 aliphatic carbocycles. The van der Waals surface area contributed by atoms with Crippen LogP contribution in [-0.4, -0.2) is 44.5 Å². The van der Waals surface area contributed by atoms with Gasteiger partial charge in [0.15, 0.2) is 18.1 Å². The summed E-state index contributed by atoms with van der Waals surface area (Å²) in [6, 6.07) is 4.86. The number of amides is 2. The van der Waals surface area contributed by atoms with Crippen molar-refractivity contribution in [1.29, 1.82) is 0 Å². The van der Waals surface area contributed by atoms with Crippen LogP contribution in [0.3, 0.4) is 0 Å². The SMILES string of the molecule is COc1ccc(CCNC(=O)NOCC(=O)O)cc1OC. The lowest BCUT2D eigenvalue weighted by Crippen LogP contribution is -2.37. The fourth-order valence-electron chi connectivity index (χ4n) is 1.56. The van der Waals surface area contributed by atoms with Gasteiger partial charge in [-0.1, -0.05) is 6.07 Å². The summed E-state index contributed by atoms with van der Waals surface area (Å²) < 4.78 is 10.3. The number of hydroxylamine groups is 1. The monoisotopic (exact) mass is 298 g/mol. The molecule has 8 heteroatoms. The Bertz CT molecular complexity index is 492. The molecule has 3 N–H and O–H groups in total. The number of carboxylic acid groups (broad SMARTS) is 1. The van der Waals surface area contributed by atoms with E-state index in [4.69, 9.17) is 14.6 Å². The van der Waals surface area contributed by atoms with Gasteiger partial charge in [-0.15, -0.1) is 0 Å². The number of rotatable bonds is 8. The number of urea groups is 1. The molecule has 2 amide bonds. The Labute approximate surface area is 121 Å². The van der Waals surface area contributed by atoms with E-state index in [1.54, 1.807) is 20.3 Å². The van der Waals surface area contributed by atoms with Gasteiger partial charge >= 0.3 is 12.0 Å². The van der Waals surface area contributed by atoms with Crippen LogP contribution in [-0.2, 0) is 16.1 Å². The first-order chi connectivity index (χ1) is 10.1. The van der Waals surface area contributed by atoms with Crippen LogP contribution in [0.4, 0.5) is 4.79 Å². The second kappa shape index (κ2) is 8.64. The van der Waals surface area contributed by atoms with Gasteiger partial charge < -0.3 is 19.9 Å². The van der Waals surface area contributed by atoms with Gasteiger partial charge in [-0.05, 0) is 24.1 Å². The number of hydrogen-bond donors (Lipinski definition) is 3. The Morgan fingerprint density at radius 3 is 2.52 bits per heavy atom. The summed E-state index contributed by atoms with van der Waals surface area (Å²) in [6.45, 7) is -0.235. The van der Waals surface area contributed by atoms with Gasteiger partial charge in [0, 0.05) is 6.54 Å². The molecule has 0 aliphatic heterocycles. The minimum absolute atomic E-state index is 0.359. The summed E-state index contributed by atoms with van der Waals surface area (Å²) in [4.78, 5) is 25.9. The van der Waals surface area contributed by atoms with Crippen molar-refractivity contribution in [2.45, 2.75) is 6.42 Å². The van der Waals surface area contributed by atoms with Crippen LogP contribution in [0.5, 0.6) is 11.5 Å². The van der Waals surface area contributed by atoms with Crippen molar-refractivity contribution in [3.63, 3.8) is 0 Å². The van der Waals surface area contributed by atoms with Crippen molar-refractivity contribution >= 4 is 12.0 Å². The number of methoxy groups -OCH3 is 2. The zero-order chi connectivity index (χ0) is 15.7. The summed E-state index contributed by atoms with van der Waals surface area (Å²) in [5.41, 5.74) is 2.92. The lowest BCUT2D eigenvalue weighted by atomic mass is 10.1. The molecular formula is C13H18N2O6. The Morgan fingerprint density at radius 2 is 1.90 bits per heavy atom. The predicted octanol–water partition coefficient (Wildman–Crippen LogP) is 0.562. The van der Waals surface area contributed by atoms with Crippen molar-refractivity contribution in [3.8, 4) is 11.5 Å². The van der Waals surface area contributed by atoms with Gasteiger partial charge in [0.1, 0.15) is 0 Å². The summed E-state index contributed by atoms with van der Waals surface area (Å²) in [5.74, 6) is 0.0823. The molecule has 1 aromatic carbocycles. The highest BCUT2D eigenvalue weighted by Gasteiger charge is 2.06. The minimum Gasteiger partial charge on any atom is -0.493 e. The molecule has 116 valence electrons. The van der Waals surface area contributed by atoms with Crippen molar-refractivity contribution in [1.82, 2.24) is 10.8 Å². The van der Waals surface area contributed by atoms with E-state index in [2.05, 4.69) is 10.2 Å². The van der Waals surface area contributed by atoms with Crippen molar-refractivity contribution < 1.29 is 29.0 Å². The number of benzene rings is 1. The zero-order valence-electron chi connectivity index (χ0n) is 11.8. The average molecular weight is 298 g/mol. The van der Waals surface area contributed by atoms with Gasteiger partial charge in [0.2, 0.25) is 0 Å². The van der Waals surface area contributed by atoms with Crippen LogP contribution in [0.1, 0.15) is 5.56 Å². The van der Waals surface area contributed by atoms with Gasteiger partial charge in [-0.3, -0.25) is 4.84 Å². The quantitative estimate of drug-likeness (QED) is 0.606. The van der Waals surface area contributed by atoms with E-state index < -0.39 is 18.6 Å². The van der Waals surface area contributed by atoms with E-state index >= 15 is 0 Å². The topological polar surface area (TPSA) is 106 Å². The number of carbonyl (C=O) groups excluding carboxylic acids is 1. The van der Waals surface area contributed by atoms with Crippen LogP contribution >= 0.6 is 0 Å². The second-order valence-corrected chi connectivity index (χ2v) is 3.98. The number of carboxylic acids is 1. The molecular weight excluding hydrogens is 280 g/mol. The third kappa shape index (κ3) is 6.00. The lowest BCUT2D eigenvalue weighted by Gasteiger charge is -2.10. The second-order valence-electron chi connectivity index (χ2n) is 3.98. The number of nitrogens with one attached hydrogen (secondary N) is 2. The maximum atomic E-state index is 11.3. The van der Waals surface area contributed by atoms with Gasteiger partial charge in [-0.2, -0.15) is 0 Å². The number of aliphatic carboxylic acids is 1. The lowest BCUT2D eigenvalue weighted by molar-refractivity contribution is -0.144. The fraction of sp³-hybridized carbons (Fsp3) is 0.385. The molecule has 21 heavy (non-hydrogen) atoms. The molecule has 0 fully saturated rings. The highest BCUT2D eigenvalue weighted by molar-refractivity contribution is 5.73. The predicted molar refractivity (Wildman–Crippen MR) is 73.4 cm³/mol. The maximum Gasteiger partial charge on any atom is 0.338 e. The van der Waals surface area contributed by atoms with Crippen LogP contribution in [0.25, 0.3) is 0 Å². The molecule has 0 aromatic heterocycles. The van der Waals surface area contributed by atoms with Crippen molar-refractivity contribution in [3.05, 3.63) is 23.8 Å². The smallest absolute Gasteiger partial charge is 0.338 e. The summed E-state index contributed by atoms with van der Waals surface area (Å²) in [6.07, 6.45) is 0.576. The van der Waals surface area contributed by atoms with Gasteiger partial charge in [-0.25, -0.2) is 15.1 Å². The number of carbonyl (C=O) groups is 2. The van der Waals surface area contributed by atoms with Crippen LogP contribution in [0.2, 0.25) is 0 Å². The van der Waals surface area contributed by atoms with Crippen LogP contribution in [0.15, 0.2) is 18.2 Å². The average Bonchev–Trinajstić information content (AvgIpc) is 2.46. The number of hydrogen-bond acceptors (Lipinski definition) is 5.